The molecule has 0 aliphatic carbocycles. The van der Waals surface area contributed by atoms with Crippen molar-refractivity contribution in [3.8, 4) is 5.69 Å². The van der Waals surface area contributed by atoms with E-state index >= 15 is 0 Å². The SMILES string of the molecule is C/C(=N\C(NC(C)c1ccccc1)c1ccc(-n2c3ccccc3c3c4c(ccc32)oc2ccccc24)cc1)c1ccccc1. The first kappa shape index (κ1) is 27.1. The molecule has 0 bridgehead atoms. The van der Waals surface area contributed by atoms with Crippen LogP contribution in [0.15, 0.2) is 155 Å². The molecule has 218 valence electrons. The average molecular weight is 584 g/mol. The fraction of sp³-hybridized carbons (Fsp3) is 0.0976. The molecular weight excluding hydrogens is 550 g/mol. The summed E-state index contributed by atoms with van der Waals surface area (Å²) in [5.74, 6) is 0. The molecule has 6 aromatic carbocycles. The van der Waals surface area contributed by atoms with Crippen LogP contribution >= 0.6 is 0 Å². The molecular formula is C41H33N3O. The van der Waals surface area contributed by atoms with Crippen molar-refractivity contribution in [1.29, 1.82) is 0 Å². The van der Waals surface area contributed by atoms with Crippen LogP contribution in [0, 0.1) is 0 Å². The lowest BCUT2D eigenvalue weighted by Gasteiger charge is -2.22. The van der Waals surface area contributed by atoms with Crippen LogP contribution in [0.1, 0.15) is 42.7 Å². The Morgan fingerprint density at radius 3 is 2.04 bits per heavy atom. The molecule has 0 amide bonds. The fourth-order valence-corrected chi connectivity index (χ4v) is 6.59. The summed E-state index contributed by atoms with van der Waals surface area (Å²) in [7, 11) is 0. The highest BCUT2D eigenvalue weighted by molar-refractivity contribution is 6.27. The zero-order valence-electron chi connectivity index (χ0n) is 25.3. The molecule has 2 heterocycles. The maximum Gasteiger partial charge on any atom is 0.136 e. The number of furan rings is 1. The molecule has 4 nitrogen and oxygen atoms in total. The van der Waals surface area contributed by atoms with Crippen LogP contribution in [0.25, 0.3) is 49.4 Å². The standard InChI is InChI=1S/C41H33N3O/c1-27(29-13-5-3-6-14-29)42-41(43-28(2)30-15-7-4-8-16-30)31-21-23-32(24-22-31)44-35-19-11-9-17-33(35)39-36(44)25-26-38-40(39)34-18-10-12-20-37(34)45-38/h3-27,41-42H,1-2H3/b43-28+. The average Bonchev–Trinajstić information content (AvgIpc) is 3.64. The number of benzene rings is 6. The highest BCUT2D eigenvalue weighted by Crippen LogP contribution is 2.41. The molecule has 8 aromatic rings. The Labute approximate surface area is 262 Å². The molecule has 4 heteroatoms. The Morgan fingerprint density at radius 1 is 0.600 bits per heavy atom. The lowest BCUT2D eigenvalue weighted by molar-refractivity contribution is 0.481. The van der Waals surface area contributed by atoms with Gasteiger partial charge in [-0.3, -0.25) is 10.3 Å². The smallest absolute Gasteiger partial charge is 0.136 e. The third kappa shape index (κ3) is 4.80. The summed E-state index contributed by atoms with van der Waals surface area (Å²) in [6.45, 7) is 4.28. The van der Waals surface area contributed by atoms with E-state index in [0.29, 0.717) is 0 Å². The van der Waals surface area contributed by atoms with Crippen LogP contribution in [0.4, 0.5) is 0 Å². The summed E-state index contributed by atoms with van der Waals surface area (Å²) >= 11 is 0. The predicted molar refractivity (Wildman–Crippen MR) is 187 cm³/mol. The maximum absolute atomic E-state index is 6.26. The van der Waals surface area contributed by atoms with Crippen molar-refractivity contribution in [3.05, 3.63) is 162 Å². The number of hydrogen-bond donors (Lipinski definition) is 1. The monoisotopic (exact) mass is 583 g/mol. The van der Waals surface area contributed by atoms with Crippen molar-refractivity contribution in [1.82, 2.24) is 9.88 Å². The van der Waals surface area contributed by atoms with Crippen LogP contribution in [-0.2, 0) is 0 Å². The summed E-state index contributed by atoms with van der Waals surface area (Å²) in [5, 5.41) is 8.54. The minimum Gasteiger partial charge on any atom is -0.456 e. The summed E-state index contributed by atoms with van der Waals surface area (Å²) < 4.78 is 8.63. The van der Waals surface area contributed by atoms with E-state index in [0.717, 1.165) is 44.6 Å². The zero-order valence-corrected chi connectivity index (χ0v) is 25.3. The van der Waals surface area contributed by atoms with Crippen LogP contribution in [0.2, 0.25) is 0 Å². The van der Waals surface area contributed by atoms with E-state index in [1.807, 2.05) is 18.2 Å². The van der Waals surface area contributed by atoms with Crippen LogP contribution < -0.4 is 5.32 Å². The highest BCUT2D eigenvalue weighted by atomic mass is 16.3. The van der Waals surface area contributed by atoms with E-state index in [4.69, 9.17) is 9.41 Å². The van der Waals surface area contributed by atoms with Gasteiger partial charge in [0.05, 0.1) is 11.0 Å². The molecule has 0 spiro atoms. The van der Waals surface area contributed by atoms with E-state index in [1.165, 1.54) is 27.2 Å². The Balaban J connectivity index is 1.24. The van der Waals surface area contributed by atoms with E-state index in [1.54, 1.807) is 0 Å². The second kappa shape index (κ2) is 11.2. The van der Waals surface area contributed by atoms with Crippen LogP contribution in [-0.4, -0.2) is 10.3 Å². The molecule has 45 heavy (non-hydrogen) atoms. The summed E-state index contributed by atoms with van der Waals surface area (Å²) in [4.78, 5) is 5.22. The summed E-state index contributed by atoms with van der Waals surface area (Å²) in [6.07, 6.45) is -0.218. The first-order valence-electron chi connectivity index (χ1n) is 15.5. The number of hydrogen-bond acceptors (Lipinski definition) is 3. The van der Waals surface area contributed by atoms with Gasteiger partial charge in [-0.15, -0.1) is 0 Å². The molecule has 8 rings (SSSR count). The van der Waals surface area contributed by atoms with Crippen LogP contribution in [0.3, 0.4) is 0 Å². The molecule has 2 atom stereocenters. The molecule has 0 fully saturated rings. The summed E-state index contributed by atoms with van der Waals surface area (Å²) in [6, 6.07) is 51.2. The first-order valence-corrected chi connectivity index (χ1v) is 15.5. The van der Waals surface area contributed by atoms with Gasteiger partial charge in [0.25, 0.3) is 0 Å². The Morgan fingerprint density at radius 2 is 1.27 bits per heavy atom. The summed E-state index contributed by atoms with van der Waals surface area (Å²) in [5.41, 5.74) is 9.72. The van der Waals surface area contributed by atoms with E-state index < -0.39 is 0 Å². The third-order valence-corrected chi connectivity index (χ3v) is 8.87. The second-order valence-corrected chi connectivity index (χ2v) is 11.7. The molecule has 0 saturated heterocycles. The minimum absolute atomic E-state index is 0.118. The molecule has 2 unspecified atom stereocenters. The van der Waals surface area contributed by atoms with Gasteiger partial charge in [0.15, 0.2) is 0 Å². The lowest BCUT2D eigenvalue weighted by atomic mass is 10.1. The largest absolute Gasteiger partial charge is 0.456 e. The molecule has 2 aromatic heterocycles. The molecule has 1 N–H and O–H groups in total. The van der Waals surface area contributed by atoms with Gasteiger partial charge >= 0.3 is 0 Å². The molecule has 0 radical (unpaired) electrons. The lowest BCUT2D eigenvalue weighted by Crippen LogP contribution is -2.24. The van der Waals surface area contributed by atoms with E-state index in [-0.39, 0.29) is 12.2 Å². The number of rotatable bonds is 7. The topological polar surface area (TPSA) is 42.5 Å². The van der Waals surface area contributed by atoms with Crippen molar-refractivity contribution in [2.45, 2.75) is 26.1 Å². The van der Waals surface area contributed by atoms with Gasteiger partial charge in [-0.05, 0) is 66.9 Å². The number of nitrogens with one attached hydrogen (secondary N) is 1. The van der Waals surface area contributed by atoms with Crippen molar-refractivity contribution in [3.63, 3.8) is 0 Å². The maximum atomic E-state index is 6.26. The third-order valence-electron chi connectivity index (χ3n) is 8.87. The number of fused-ring (bicyclic) bond motifs is 7. The van der Waals surface area contributed by atoms with Gasteiger partial charge in [-0.25, -0.2) is 0 Å². The molecule has 0 saturated carbocycles. The minimum atomic E-state index is -0.218. The second-order valence-electron chi connectivity index (χ2n) is 11.7. The molecule has 0 aliphatic heterocycles. The van der Waals surface area contributed by atoms with Crippen molar-refractivity contribution >= 4 is 49.5 Å². The number of aromatic nitrogens is 1. The predicted octanol–water partition coefficient (Wildman–Crippen LogP) is 10.5. The number of para-hydroxylation sites is 2. The van der Waals surface area contributed by atoms with Crippen LogP contribution in [0.5, 0.6) is 0 Å². The number of nitrogens with zero attached hydrogens (tertiary/aromatic N) is 2. The van der Waals surface area contributed by atoms with Gasteiger partial charge in [0.1, 0.15) is 17.3 Å². The first-order chi connectivity index (χ1) is 22.2. The Hall–Kier alpha value is -5.45. The molecule has 0 aliphatic rings. The van der Waals surface area contributed by atoms with Gasteiger partial charge in [-0.2, -0.15) is 0 Å². The Bertz CT molecular complexity index is 2310. The van der Waals surface area contributed by atoms with Gasteiger partial charge in [0, 0.05) is 39.0 Å². The van der Waals surface area contributed by atoms with Gasteiger partial charge < -0.3 is 8.98 Å². The quantitative estimate of drug-likeness (QED) is 0.190. The van der Waals surface area contributed by atoms with Crippen molar-refractivity contribution in [2.24, 2.45) is 4.99 Å². The number of aliphatic imine (C=N–C) groups is 1. The Kier molecular flexibility index (Phi) is 6.77. The van der Waals surface area contributed by atoms with Crippen molar-refractivity contribution in [2.75, 3.05) is 0 Å². The highest BCUT2D eigenvalue weighted by Gasteiger charge is 2.20. The fourth-order valence-electron chi connectivity index (χ4n) is 6.59. The van der Waals surface area contributed by atoms with E-state index in [9.17, 15) is 0 Å². The van der Waals surface area contributed by atoms with Gasteiger partial charge in [-0.1, -0.05) is 109 Å². The zero-order chi connectivity index (χ0) is 30.3. The van der Waals surface area contributed by atoms with Gasteiger partial charge in [0.2, 0.25) is 0 Å². The van der Waals surface area contributed by atoms with Crippen molar-refractivity contribution < 1.29 is 4.42 Å². The normalized spacial score (nSPS) is 13.6. The van der Waals surface area contributed by atoms with E-state index in [2.05, 4.69) is 151 Å².